The molecule has 3 N–H and O–H groups in total. The molecular formula is C22H27ClFN3O3. The van der Waals surface area contributed by atoms with Gasteiger partial charge in [-0.3, -0.25) is 9.59 Å². The van der Waals surface area contributed by atoms with Crippen molar-refractivity contribution in [1.82, 2.24) is 10.6 Å². The summed E-state index contributed by atoms with van der Waals surface area (Å²) in [6, 6.07) is 13.3. The molecular weight excluding hydrogens is 409 g/mol. The first-order chi connectivity index (χ1) is 14.0. The van der Waals surface area contributed by atoms with Gasteiger partial charge in [-0.05, 0) is 36.2 Å². The highest BCUT2D eigenvalue weighted by atomic mass is 35.5. The molecule has 2 amide bonds. The van der Waals surface area contributed by atoms with Crippen LogP contribution < -0.4 is 16.0 Å². The zero-order valence-corrected chi connectivity index (χ0v) is 17.6. The van der Waals surface area contributed by atoms with Crippen LogP contribution in [0.4, 0.5) is 10.1 Å². The molecule has 1 aliphatic heterocycles. The maximum atomic E-state index is 13.7. The molecule has 0 radical (unpaired) electrons. The number of morpholine rings is 1. The van der Waals surface area contributed by atoms with Crippen molar-refractivity contribution in [2.24, 2.45) is 0 Å². The predicted molar refractivity (Wildman–Crippen MR) is 116 cm³/mol. The average Bonchev–Trinajstić information content (AvgIpc) is 2.70. The molecule has 2 aromatic rings. The second-order valence-electron chi connectivity index (χ2n) is 7.16. The first-order valence-electron chi connectivity index (χ1n) is 9.75. The molecule has 2 unspecified atom stereocenters. The van der Waals surface area contributed by atoms with Crippen molar-refractivity contribution in [2.75, 3.05) is 25.1 Å². The summed E-state index contributed by atoms with van der Waals surface area (Å²) in [5.41, 5.74) is 1.82. The van der Waals surface area contributed by atoms with Gasteiger partial charge in [-0.15, -0.1) is 12.4 Å². The Bertz CT molecular complexity index is 859. The number of hydrogen-bond acceptors (Lipinski definition) is 4. The van der Waals surface area contributed by atoms with Crippen LogP contribution in [0.3, 0.4) is 0 Å². The lowest BCUT2D eigenvalue weighted by Gasteiger charge is -2.24. The second kappa shape index (κ2) is 11.6. The fourth-order valence-electron chi connectivity index (χ4n) is 3.26. The molecule has 1 heterocycles. The Morgan fingerprint density at radius 3 is 2.73 bits per heavy atom. The van der Waals surface area contributed by atoms with Gasteiger partial charge >= 0.3 is 0 Å². The van der Waals surface area contributed by atoms with E-state index >= 15 is 0 Å². The van der Waals surface area contributed by atoms with Crippen LogP contribution in [0.1, 0.15) is 30.5 Å². The average molecular weight is 436 g/mol. The SMILES string of the molecule is CC(NC(=O)CC1COCCN1)c1cccc(NC(=O)Cc2ccccc2F)c1.Cl. The Morgan fingerprint density at radius 1 is 1.20 bits per heavy atom. The third-order valence-corrected chi connectivity index (χ3v) is 4.79. The number of rotatable bonds is 7. The second-order valence-corrected chi connectivity index (χ2v) is 7.16. The Labute approximate surface area is 182 Å². The molecule has 1 aliphatic rings. The minimum absolute atomic E-state index is 0. The van der Waals surface area contributed by atoms with Crippen molar-refractivity contribution in [2.45, 2.75) is 31.8 Å². The third kappa shape index (κ3) is 7.09. The topological polar surface area (TPSA) is 79.5 Å². The minimum Gasteiger partial charge on any atom is -0.378 e. The largest absolute Gasteiger partial charge is 0.378 e. The molecule has 0 bridgehead atoms. The van der Waals surface area contributed by atoms with Gasteiger partial charge in [0.05, 0.1) is 25.7 Å². The van der Waals surface area contributed by atoms with E-state index < -0.39 is 5.82 Å². The summed E-state index contributed by atoms with van der Waals surface area (Å²) in [5, 5.41) is 9.02. The summed E-state index contributed by atoms with van der Waals surface area (Å²) < 4.78 is 19.1. The van der Waals surface area contributed by atoms with Crippen LogP contribution >= 0.6 is 12.4 Å². The maximum absolute atomic E-state index is 13.7. The van der Waals surface area contributed by atoms with Crippen molar-refractivity contribution in [3.63, 3.8) is 0 Å². The highest BCUT2D eigenvalue weighted by Crippen LogP contribution is 2.18. The fourth-order valence-corrected chi connectivity index (χ4v) is 3.26. The predicted octanol–water partition coefficient (Wildman–Crippen LogP) is 2.98. The van der Waals surface area contributed by atoms with Gasteiger partial charge in [0.25, 0.3) is 0 Å². The van der Waals surface area contributed by atoms with Crippen LogP contribution in [0.15, 0.2) is 48.5 Å². The monoisotopic (exact) mass is 435 g/mol. The Kier molecular flexibility index (Phi) is 9.23. The number of nitrogens with one attached hydrogen (secondary N) is 3. The molecule has 2 aromatic carbocycles. The fraction of sp³-hybridized carbons (Fsp3) is 0.364. The van der Waals surface area contributed by atoms with Crippen LogP contribution in [0, 0.1) is 5.82 Å². The van der Waals surface area contributed by atoms with E-state index in [4.69, 9.17) is 4.74 Å². The molecule has 0 aliphatic carbocycles. The lowest BCUT2D eigenvalue weighted by molar-refractivity contribution is -0.123. The van der Waals surface area contributed by atoms with E-state index in [9.17, 15) is 14.0 Å². The molecule has 162 valence electrons. The summed E-state index contributed by atoms with van der Waals surface area (Å²) in [6.07, 6.45) is 0.309. The summed E-state index contributed by atoms with van der Waals surface area (Å²) in [5.74, 6) is -0.757. The standard InChI is InChI=1S/C22H26FN3O3.ClH/c1-15(25-22(28)13-19-14-29-10-9-24-19)16-6-4-7-18(11-16)26-21(27)12-17-5-2-3-8-20(17)23;/h2-8,11,15,19,24H,9-10,12-14H2,1H3,(H,25,28)(H,26,27);1H. The quantitative estimate of drug-likeness (QED) is 0.624. The zero-order chi connectivity index (χ0) is 20.6. The van der Waals surface area contributed by atoms with Crippen LogP contribution in [0.2, 0.25) is 0 Å². The van der Waals surface area contributed by atoms with E-state index in [1.165, 1.54) is 6.07 Å². The van der Waals surface area contributed by atoms with Crippen molar-refractivity contribution < 1.29 is 18.7 Å². The van der Waals surface area contributed by atoms with Crippen LogP contribution in [-0.4, -0.2) is 37.6 Å². The third-order valence-electron chi connectivity index (χ3n) is 4.79. The van der Waals surface area contributed by atoms with E-state index in [0.717, 1.165) is 12.1 Å². The van der Waals surface area contributed by atoms with Gasteiger partial charge in [-0.25, -0.2) is 4.39 Å². The number of amides is 2. The van der Waals surface area contributed by atoms with Crippen molar-refractivity contribution >= 4 is 29.9 Å². The lowest BCUT2D eigenvalue weighted by atomic mass is 10.1. The van der Waals surface area contributed by atoms with Crippen molar-refractivity contribution in [3.8, 4) is 0 Å². The number of ether oxygens (including phenoxy) is 1. The number of anilines is 1. The molecule has 0 saturated carbocycles. The molecule has 0 aromatic heterocycles. The Morgan fingerprint density at radius 2 is 2.00 bits per heavy atom. The summed E-state index contributed by atoms with van der Waals surface area (Å²) in [4.78, 5) is 24.5. The smallest absolute Gasteiger partial charge is 0.228 e. The number of carbonyl (C=O) groups is 2. The first-order valence-corrected chi connectivity index (χ1v) is 9.75. The van der Waals surface area contributed by atoms with Crippen LogP contribution in [0.5, 0.6) is 0 Å². The molecule has 30 heavy (non-hydrogen) atoms. The van der Waals surface area contributed by atoms with E-state index in [-0.39, 0.29) is 42.7 Å². The van der Waals surface area contributed by atoms with E-state index in [0.29, 0.717) is 30.9 Å². The number of halogens is 2. The van der Waals surface area contributed by atoms with Gasteiger partial charge in [0.2, 0.25) is 11.8 Å². The van der Waals surface area contributed by atoms with Gasteiger partial charge < -0.3 is 20.7 Å². The first kappa shape index (κ1) is 23.8. The number of benzene rings is 2. The number of carbonyl (C=O) groups excluding carboxylic acids is 2. The van der Waals surface area contributed by atoms with Crippen LogP contribution in [0.25, 0.3) is 0 Å². The minimum atomic E-state index is -0.398. The molecule has 0 spiro atoms. The molecule has 1 saturated heterocycles. The Balaban J connectivity index is 0.00000320. The zero-order valence-electron chi connectivity index (χ0n) is 16.8. The van der Waals surface area contributed by atoms with Gasteiger partial charge in [0, 0.05) is 24.7 Å². The van der Waals surface area contributed by atoms with Gasteiger partial charge in [-0.1, -0.05) is 30.3 Å². The van der Waals surface area contributed by atoms with E-state index in [1.807, 2.05) is 25.1 Å². The Hall–Kier alpha value is -2.48. The summed E-state index contributed by atoms with van der Waals surface area (Å²) in [7, 11) is 0. The van der Waals surface area contributed by atoms with Gasteiger partial charge in [-0.2, -0.15) is 0 Å². The van der Waals surface area contributed by atoms with Gasteiger partial charge in [0.15, 0.2) is 0 Å². The summed E-state index contributed by atoms with van der Waals surface area (Å²) >= 11 is 0. The van der Waals surface area contributed by atoms with E-state index in [2.05, 4.69) is 16.0 Å². The number of hydrogen-bond donors (Lipinski definition) is 3. The maximum Gasteiger partial charge on any atom is 0.228 e. The molecule has 3 rings (SSSR count). The lowest BCUT2D eigenvalue weighted by Crippen LogP contribution is -2.44. The highest BCUT2D eigenvalue weighted by Gasteiger charge is 2.18. The summed E-state index contributed by atoms with van der Waals surface area (Å²) in [6.45, 7) is 3.85. The van der Waals surface area contributed by atoms with Gasteiger partial charge in [0.1, 0.15) is 5.82 Å². The highest BCUT2D eigenvalue weighted by molar-refractivity contribution is 5.92. The van der Waals surface area contributed by atoms with Crippen molar-refractivity contribution in [1.29, 1.82) is 0 Å². The molecule has 1 fully saturated rings. The molecule has 6 nitrogen and oxygen atoms in total. The normalized spacial score (nSPS) is 16.8. The van der Waals surface area contributed by atoms with Crippen molar-refractivity contribution in [3.05, 3.63) is 65.5 Å². The van der Waals surface area contributed by atoms with Crippen LogP contribution in [-0.2, 0) is 20.7 Å². The molecule has 2 atom stereocenters. The molecule has 8 heteroatoms. The van der Waals surface area contributed by atoms with E-state index in [1.54, 1.807) is 24.3 Å².